The van der Waals surface area contributed by atoms with Gasteiger partial charge in [-0.3, -0.25) is 0 Å². The molecular weight excluding hydrogens is 345 g/mol. The molecule has 0 radical (unpaired) electrons. The van der Waals surface area contributed by atoms with E-state index >= 15 is 0 Å². The van der Waals surface area contributed by atoms with E-state index in [1.807, 2.05) is 0 Å². The normalized spacial score (nSPS) is 11.7. The second-order valence-corrected chi connectivity index (χ2v) is 7.18. The zero-order valence-corrected chi connectivity index (χ0v) is 13.8. The Labute approximate surface area is 129 Å². The van der Waals surface area contributed by atoms with Crippen molar-refractivity contribution in [2.45, 2.75) is 32.9 Å². The summed E-state index contributed by atoms with van der Waals surface area (Å²) in [6.07, 6.45) is 0. The summed E-state index contributed by atoms with van der Waals surface area (Å²) in [5.41, 5.74) is 0.00447. The lowest BCUT2D eigenvalue weighted by molar-refractivity contribution is 0.422. The number of halogens is 2. The Bertz CT molecular complexity index is 598. The van der Waals surface area contributed by atoms with Gasteiger partial charge in [0.25, 0.3) is 5.19 Å². The van der Waals surface area contributed by atoms with Gasteiger partial charge in [-0.2, -0.15) is 0 Å². The molecule has 0 saturated carbocycles. The molecule has 0 atom stereocenters. The summed E-state index contributed by atoms with van der Waals surface area (Å²) in [7, 11) is 0. The molecule has 2 aromatic rings. The van der Waals surface area contributed by atoms with Crippen molar-refractivity contribution in [1.82, 2.24) is 15.5 Å². The molecule has 0 fully saturated rings. The number of aromatic nitrogens is 2. The number of hydrogen-bond donors (Lipinski definition) is 1. The molecule has 1 N–H and O–H groups in total. The van der Waals surface area contributed by atoms with Gasteiger partial charge in [0.1, 0.15) is 5.01 Å². The smallest absolute Gasteiger partial charge is 0.299 e. The van der Waals surface area contributed by atoms with Crippen LogP contribution in [0, 0.1) is 5.82 Å². The van der Waals surface area contributed by atoms with E-state index in [2.05, 4.69) is 52.2 Å². The van der Waals surface area contributed by atoms with Crippen molar-refractivity contribution < 1.29 is 9.13 Å². The van der Waals surface area contributed by atoms with Crippen molar-refractivity contribution in [3.8, 4) is 10.9 Å². The lowest BCUT2D eigenvalue weighted by Crippen LogP contribution is -2.35. The molecule has 4 nitrogen and oxygen atoms in total. The second kappa shape index (κ2) is 6.15. The Morgan fingerprint density at radius 3 is 2.75 bits per heavy atom. The van der Waals surface area contributed by atoms with Crippen LogP contribution in [0.1, 0.15) is 25.8 Å². The first-order chi connectivity index (χ1) is 9.33. The molecule has 0 saturated heterocycles. The van der Waals surface area contributed by atoms with E-state index < -0.39 is 5.82 Å². The second-order valence-electron chi connectivity index (χ2n) is 5.24. The Balaban J connectivity index is 2.02. The summed E-state index contributed by atoms with van der Waals surface area (Å²) in [5.74, 6) is -0.302. The summed E-state index contributed by atoms with van der Waals surface area (Å²) < 4.78 is 19.7. The molecule has 2 rings (SSSR count). The topological polar surface area (TPSA) is 47.0 Å². The maximum absolute atomic E-state index is 13.6. The Kier molecular flexibility index (Phi) is 4.72. The molecular formula is C13H15BrFN3OS. The molecule has 0 amide bonds. The standard InChI is InChI=1S/C13H15BrFN3OS/c1-13(2,3)16-7-11-17-18-12(20-11)19-10-5-4-8(14)6-9(10)15/h4-6,16H,7H2,1-3H3. The van der Waals surface area contributed by atoms with E-state index in [4.69, 9.17) is 4.74 Å². The van der Waals surface area contributed by atoms with Crippen molar-refractivity contribution in [3.05, 3.63) is 33.5 Å². The minimum absolute atomic E-state index is 0.00447. The fourth-order valence-corrected chi connectivity index (χ4v) is 2.32. The lowest BCUT2D eigenvalue weighted by Gasteiger charge is -2.19. The molecule has 1 heterocycles. The highest BCUT2D eigenvalue weighted by molar-refractivity contribution is 9.10. The third kappa shape index (κ3) is 4.50. The molecule has 0 aliphatic rings. The van der Waals surface area contributed by atoms with Crippen LogP contribution in [0.4, 0.5) is 4.39 Å². The first kappa shape index (κ1) is 15.3. The maximum Gasteiger partial charge on any atom is 0.299 e. The summed E-state index contributed by atoms with van der Waals surface area (Å²) in [6.45, 7) is 6.82. The predicted molar refractivity (Wildman–Crippen MR) is 80.7 cm³/mol. The zero-order chi connectivity index (χ0) is 14.8. The van der Waals surface area contributed by atoms with Crippen LogP contribution in [0.25, 0.3) is 0 Å². The van der Waals surface area contributed by atoms with Crippen LogP contribution in [-0.4, -0.2) is 15.7 Å². The molecule has 0 aliphatic heterocycles. The fourth-order valence-electron chi connectivity index (χ4n) is 1.34. The van der Waals surface area contributed by atoms with Gasteiger partial charge >= 0.3 is 0 Å². The van der Waals surface area contributed by atoms with Gasteiger partial charge < -0.3 is 10.1 Å². The molecule has 108 valence electrons. The van der Waals surface area contributed by atoms with Gasteiger partial charge in [-0.05, 0) is 39.0 Å². The van der Waals surface area contributed by atoms with Crippen LogP contribution in [0.3, 0.4) is 0 Å². The number of nitrogens with zero attached hydrogens (tertiary/aromatic N) is 2. The van der Waals surface area contributed by atoms with E-state index in [0.717, 1.165) is 5.01 Å². The largest absolute Gasteiger partial charge is 0.427 e. The average Bonchev–Trinajstić information content (AvgIpc) is 2.77. The number of nitrogens with one attached hydrogen (secondary N) is 1. The van der Waals surface area contributed by atoms with Gasteiger partial charge in [0.05, 0.1) is 6.54 Å². The molecule has 0 unspecified atom stereocenters. The quantitative estimate of drug-likeness (QED) is 0.891. The maximum atomic E-state index is 13.6. The van der Waals surface area contributed by atoms with E-state index in [9.17, 15) is 4.39 Å². The van der Waals surface area contributed by atoms with Gasteiger partial charge in [-0.15, -0.1) is 5.10 Å². The lowest BCUT2D eigenvalue weighted by atomic mass is 10.1. The fraction of sp³-hybridized carbons (Fsp3) is 0.385. The Morgan fingerprint density at radius 1 is 1.35 bits per heavy atom. The van der Waals surface area contributed by atoms with Crippen LogP contribution in [0.5, 0.6) is 10.9 Å². The Hall–Kier alpha value is -1.05. The van der Waals surface area contributed by atoms with Crippen molar-refractivity contribution in [2.75, 3.05) is 0 Å². The molecule has 0 aliphatic carbocycles. The van der Waals surface area contributed by atoms with Gasteiger partial charge in [-0.1, -0.05) is 32.4 Å². The Morgan fingerprint density at radius 2 is 2.10 bits per heavy atom. The van der Waals surface area contributed by atoms with E-state index in [-0.39, 0.29) is 11.3 Å². The molecule has 1 aromatic carbocycles. The van der Waals surface area contributed by atoms with Crippen LogP contribution >= 0.6 is 27.3 Å². The van der Waals surface area contributed by atoms with Crippen molar-refractivity contribution in [3.63, 3.8) is 0 Å². The zero-order valence-electron chi connectivity index (χ0n) is 11.4. The first-order valence-electron chi connectivity index (χ1n) is 6.04. The van der Waals surface area contributed by atoms with Crippen molar-refractivity contribution in [1.29, 1.82) is 0 Å². The molecule has 7 heteroatoms. The third-order valence-electron chi connectivity index (χ3n) is 2.31. The van der Waals surface area contributed by atoms with Crippen LogP contribution in [0.2, 0.25) is 0 Å². The number of ether oxygens (including phenoxy) is 1. The number of rotatable bonds is 4. The van der Waals surface area contributed by atoms with Gasteiger partial charge in [0, 0.05) is 10.0 Å². The SMILES string of the molecule is CC(C)(C)NCc1nnc(Oc2ccc(Br)cc2F)s1. The average molecular weight is 360 g/mol. The predicted octanol–water partition coefficient (Wildman–Crippen LogP) is 4.12. The highest BCUT2D eigenvalue weighted by atomic mass is 79.9. The minimum Gasteiger partial charge on any atom is -0.427 e. The highest BCUT2D eigenvalue weighted by Gasteiger charge is 2.13. The van der Waals surface area contributed by atoms with Gasteiger partial charge in [0.2, 0.25) is 0 Å². The van der Waals surface area contributed by atoms with Crippen LogP contribution in [0.15, 0.2) is 22.7 Å². The third-order valence-corrected chi connectivity index (χ3v) is 3.60. The monoisotopic (exact) mass is 359 g/mol. The summed E-state index contributed by atoms with van der Waals surface area (Å²) in [4.78, 5) is 0. The summed E-state index contributed by atoms with van der Waals surface area (Å²) in [5, 5.41) is 12.4. The van der Waals surface area contributed by atoms with Crippen molar-refractivity contribution >= 4 is 27.3 Å². The molecule has 0 bridgehead atoms. The van der Waals surface area contributed by atoms with E-state index in [1.54, 1.807) is 12.1 Å². The van der Waals surface area contributed by atoms with Crippen LogP contribution in [-0.2, 0) is 6.54 Å². The first-order valence-corrected chi connectivity index (χ1v) is 7.65. The van der Waals surface area contributed by atoms with Crippen LogP contribution < -0.4 is 10.1 Å². The molecule has 1 aromatic heterocycles. The highest BCUT2D eigenvalue weighted by Crippen LogP contribution is 2.28. The summed E-state index contributed by atoms with van der Waals surface area (Å²) in [6, 6.07) is 4.61. The van der Waals surface area contributed by atoms with E-state index in [0.29, 0.717) is 16.2 Å². The van der Waals surface area contributed by atoms with Crippen molar-refractivity contribution in [2.24, 2.45) is 0 Å². The number of benzene rings is 1. The van der Waals surface area contributed by atoms with Gasteiger partial charge in [-0.25, -0.2) is 4.39 Å². The minimum atomic E-state index is -0.441. The van der Waals surface area contributed by atoms with E-state index in [1.165, 1.54) is 17.4 Å². The van der Waals surface area contributed by atoms with Gasteiger partial charge in [0.15, 0.2) is 11.6 Å². The number of hydrogen-bond acceptors (Lipinski definition) is 5. The summed E-state index contributed by atoms with van der Waals surface area (Å²) >= 11 is 4.49. The molecule has 0 spiro atoms. The molecule has 20 heavy (non-hydrogen) atoms.